The highest BCUT2D eigenvalue weighted by Gasteiger charge is 2.33. The SMILES string of the molecule is N#Cc1cc(OC(F)(F)F)cnc1/C(=C(\c1ccc(/C=C/C(=O)O)cc1)c1ccc2[nH]nc(F)c2c1)C1CCC1. The number of aromatic amines is 1. The summed E-state index contributed by atoms with van der Waals surface area (Å²) in [7, 11) is 0. The van der Waals surface area contributed by atoms with Crippen LogP contribution in [0.4, 0.5) is 17.6 Å². The second-order valence-electron chi connectivity index (χ2n) is 9.21. The summed E-state index contributed by atoms with van der Waals surface area (Å²) in [5.41, 5.74) is 3.72. The summed E-state index contributed by atoms with van der Waals surface area (Å²) < 4.78 is 57.0. The molecule has 0 saturated heterocycles. The van der Waals surface area contributed by atoms with E-state index in [0.717, 1.165) is 37.6 Å². The fraction of sp³-hybridized carbons (Fsp3) is 0.172. The molecule has 5 rings (SSSR count). The molecule has 1 saturated carbocycles. The lowest BCUT2D eigenvalue weighted by Crippen LogP contribution is -2.19. The number of benzene rings is 2. The largest absolute Gasteiger partial charge is 0.573 e. The van der Waals surface area contributed by atoms with Crippen molar-refractivity contribution in [3.63, 3.8) is 0 Å². The fourth-order valence-corrected chi connectivity index (χ4v) is 4.69. The van der Waals surface area contributed by atoms with Crippen LogP contribution in [0.5, 0.6) is 5.75 Å². The number of nitrogens with zero attached hydrogens (tertiary/aromatic N) is 3. The molecule has 4 aromatic rings. The number of alkyl halides is 3. The number of ether oxygens (including phenoxy) is 1. The van der Waals surface area contributed by atoms with Gasteiger partial charge in [-0.2, -0.15) is 9.65 Å². The molecule has 0 spiro atoms. The molecular weight excluding hydrogens is 528 g/mol. The minimum absolute atomic E-state index is 0.0690. The van der Waals surface area contributed by atoms with Crippen LogP contribution in [0, 0.1) is 23.2 Å². The number of aromatic nitrogens is 3. The highest BCUT2D eigenvalue weighted by Crippen LogP contribution is 2.46. The highest BCUT2D eigenvalue weighted by molar-refractivity contribution is 6.01. The lowest BCUT2D eigenvalue weighted by atomic mass is 9.73. The third-order valence-electron chi connectivity index (χ3n) is 6.68. The average molecular weight is 548 g/mol. The van der Waals surface area contributed by atoms with Crippen molar-refractivity contribution in [3.8, 4) is 11.8 Å². The third kappa shape index (κ3) is 5.56. The molecule has 2 aromatic heterocycles. The highest BCUT2D eigenvalue weighted by atomic mass is 19.4. The number of H-pyrrole nitrogens is 1. The van der Waals surface area contributed by atoms with E-state index in [1.54, 1.807) is 42.5 Å². The lowest BCUT2D eigenvalue weighted by Gasteiger charge is -2.31. The van der Waals surface area contributed by atoms with Gasteiger partial charge in [-0.3, -0.25) is 10.1 Å². The van der Waals surface area contributed by atoms with Crippen molar-refractivity contribution >= 4 is 34.1 Å². The molecule has 1 fully saturated rings. The Morgan fingerprint density at radius 2 is 1.85 bits per heavy atom. The quantitative estimate of drug-likeness (QED) is 0.196. The van der Waals surface area contributed by atoms with Crippen molar-refractivity contribution in [3.05, 3.63) is 94.7 Å². The van der Waals surface area contributed by atoms with Crippen molar-refractivity contribution < 1.29 is 32.2 Å². The molecule has 0 aliphatic heterocycles. The topological polar surface area (TPSA) is 112 Å². The monoisotopic (exact) mass is 548 g/mol. The Kier molecular flexibility index (Phi) is 7.09. The van der Waals surface area contributed by atoms with Gasteiger partial charge in [-0.1, -0.05) is 36.8 Å². The molecule has 2 heterocycles. The number of nitriles is 1. The second-order valence-corrected chi connectivity index (χ2v) is 9.21. The summed E-state index contributed by atoms with van der Waals surface area (Å²) in [4.78, 5) is 15.2. The summed E-state index contributed by atoms with van der Waals surface area (Å²) >= 11 is 0. The van der Waals surface area contributed by atoms with Gasteiger partial charge in [0, 0.05) is 12.1 Å². The van der Waals surface area contributed by atoms with E-state index < -0.39 is 24.0 Å². The summed E-state index contributed by atoms with van der Waals surface area (Å²) in [6.07, 6.45) is 0.848. The summed E-state index contributed by atoms with van der Waals surface area (Å²) in [5, 5.41) is 25.3. The zero-order valence-electron chi connectivity index (χ0n) is 20.7. The van der Waals surface area contributed by atoms with Crippen molar-refractivity contribution in [2.75, 3.05) is 0 Å². The Morgan fingerprint density at radius 1 is 1.12 bits per heavy atom. The van der Waals surface area contributed by atoms with E-state index in [4.69, 9.17) is 5.11 Å². The number of hydrogen-bond donors (Lipinski definition) is 2. The van der Waals surface area contributed by atoms with Crippen LogP contribution in [-0.2, 0) is 4.79 Å². The van der Waals surface area contributed by atoms with Crippen LogP contribution in [0.3, 0.4) is 0 Å². The average Bonchev–Trinajstić information content (AvgIpc) is 3.25. The third-order valence-corrected chi connectivity index (χ3v) is 6.68. The van der Waals surface area contributed by atoms with Gasteiger partial charge in [0.05, 0.1) is 28.4 Å². The van der Waals surface area contributed by atoms with Gasteiger partial charge in [-0.05, 0) is 64.8 Å². The van der Waals surface area contributed by atoms with Gasteiger partial charge in [0.2, 0.25) is 5.95 Å². The van der Waals surface area contributed by atoms with E-state index in [9.17, 15) is 27.6 Å². The van der Waals surface area contributed by atoms with Crippen LogP contribution < -0.4 is 4.74 Å². The molecule has 202 valence electrons. The van der Waals surface area contributed by atoms with Gasteiger partial charge < -0.3 is 9.84 Å². The molecule has 0 bridgehead atoms. The van der Waals surface area contributed by atoms with Crippen LogP contribution >= 0.6 is 0 Å². The van der Waals surface area contributed by atoms with Crippen molar-refractivity contribution in [2.45, 2.75) is 25.6 Å². The van der Waals surface area contributed by atoms with Crippen molar-refractivity contribution in [2.24, 2.45) is 5.92 Å². The molecule has 0 atom stereocenters. The molecule has 2 N–H and O–H groups in total. The van der Waals surface area contributed by atoms with Crippen molar-refractivity contribution in [1.82, 2.24) is 15.2 Å². The van der Waals surface area contributed by atoms with E-state index in [2.05, 4.69) is 19.9 Å². The molecule has 1 aliphatic carbocycles. The molecule has 1 aliphatic rings. The van der Waals surface area contributed by atoms with Gasteiger partial charge >= 0.3 is 12.3 Å². The van der Waals surface area contributed by atoms with Crippen LogP contribution in [-0.4, -0.2) is 32.6 Å². The Balaban J connectivity index is 1.76. The number of hydrogen-bond acceptors (Lipinski definition) is 5. The number of pyridine rings is 1. The minimum atomic E-state index is -4.95. The normalized spacial score (nSPS) is 14.6. The molecular formula is C29H20F4N4O3. The minimum Gasteiger partial charge on any atom is -0.478 e. The van der Waals surface area contributed by atoms with E-state index in [0.29, 0.717) is 33.4 Å². The number of carboxylic acid groups (broad SMARTS) is 1. The molecule has 0 unspecified atom stereocenters. The molecule has 40 heavy (non-hydrogen) atoms. The van der Waals surface area contributed by atoms with E-state index >= 15 is 0 Å². The predicted octanol–water partition coefficient (Wildman–Crippen LogP) is 6.72. The van der Waals surface area contributed by atoms with Crippen molar-refractivity contribution in [1.29, 1.82) is 5.26 Å². The Morgan fingerprint density at radius 3 is 2.48 bits per heavy atom. The Hall–Kier alpha value is -4.98. The number of carbonyl (C=O) groups is 1. The predicted molar refractivity (Wildman–Crippen MR) is 138 cm³/mol. The van der Waals surface area contributed by atoms with Crippen LogP contribution in [0.15, 0.2) is 60.8 Å². The summed E-state index contributed by atoms with van der Waals surface area (Å²) in [6.45, 7) is 0. The van der Waals surface area contributed by atoms with Crippen LogP contribution in [0.25, 0.3) is 28.1 Å². The molecule has 7 nitrogen and oxygen atoms in total. The fourth-order valence-electron chi connectivity index (χ4n) is 4.69. The molecule has 0 radical (unpaired) electrons. The smallest absolute Gasteiger partial charge is 0.478 e. The summed E-state index contributed by atoms with van der Waals surface area (Å²) in [5.74, 6) is -2.47. The molecule has 11 heteroatoms. The molecule has 2 aromatic carbocycles. The van der Waals surface area contributed by atoms with Gasteiger partial charge in [0.25, 0.3) is 0 Å². The second kappa shape index (κ2) is 10.6. The maximum Gasteiger partial charge on any atom is 0.573 e. The first-order valence-electron chi connectivity index (χ1n) is 12.2. The summed E-state index contributed by atoms with van der Waals surface area (Å²) in [6, 6.07) is 15.0. The Bertz CT molecular complexity index is 1700. The number of fused-ring (bicyclic) bond motifs is 1. The zero-order chi connectivity index (χ0) is 28.4. The maximum atomic E-state index is 14.5. The molecule has 0 amide bonds. The van der Waals surface area contributed by atoms with E-state index in [-0.39, 0.29) is 22.6 Å². The van der Waals surface area contributed by atoms with Crippen LogP contribution in [0.1, 0.15) is 47.2 Å². The lowest BCUT2D eigenvalue weighted by molar-refractivity contribution is -0.274. The van der Waals surface area contributed by atoms with E-state index in [1.807, 2.05) is 6.07 Å². The number of nitrogens with one attached hydrogen (secondary N) is 1. The standard InChI is InChI=1S/C29H20F4N4O3/c30-28-22-13-19(9-10-23(22)36-37-28)25(18-7-4-16(5-8-18)6-11-24(38)39)26(17-2-1-3-17)27-20(14-34)12-21(15-35-27)40-29(31,32)33/h4-13,15,17H,1-3H2,(H,36,37)(H,38,39)/b11-6+,26-25+. The first-order chi connectivity index (χ1) is 19.1. The van der Waals surface area contributed by atoms with Gasteiger partial charge in [-0.15, -0.1) is 18.3 Å². The van der Waals surface area contributed by atoms with Crippen LogP contribution in [0.2, 0.25) is 0 Å². The number of rotatable bonds is 7. The number of halogens is 4. The van der Waals surface area contributed by atoms with Gasteiger partial charge in [0.1, 0.15) is 11.8 Å². The number of allylic oxidation sites excluding steroid dienone is 1. The zero-order valence-corrected chi connectivity index (χ0v) is 20.7. The first kappa shape index (κ1) is 26.6. The number of carboxylic acids is 1. The first-order valence-corrected chi connectivity index (χ1v) is 12.2. The Labute approximate surface area is 225 Å². The van der Waals surface area contributed by atoms with Gasteiger partial charge in [0.15, 0.2) is 0 Å². The maximum absolute atomic E-state index is 14.5. The number of aliphatic carboxylic acids is 1. The van der Waals surface area contributed by atoms with E-state index in [1.165, 1.54) is 6.08 Å². The van der Waals surface area contributed by atoms with Gasteiger partial charge in [-0.25, -0.2) is 4.79 Å².